The van der Waals surface area contributed by atoms with Crippen LogP contribution in [0.3, 0.4) is 0 Å². The first-order chi connectivity index (χ1) is 15.3. The molecule has 3 aromatic rings. The largest absolute Gasteiger partial charge is 0.482 e. The minimum atomic E-state index is -0.453. The van der Waals surface area contributed by atoms with Gasteiger partial charge in [0.15, 0.2) is 0 Å². The minimum absolute atomic E-state index is 0.117. The van der Waals surface area contributed by atoms with Crippen LogP contribution in [0.4, 0.5) is 4.39 Å². The lowest BCUT2D eigenvalue weighted by atomic mass is 10.1. The van der Waals surface area contributed by atoms with Crippen molar-refractivity contribution in [3.8, 4) is 11.4 Å². The molecule has 1 aliphatic carbocycles. The molecule has 5 rings (SSSR count). The van der Waals surface area contributed by atoms with Gasteiger partial charge >= 0.3 is 0 Å². The van der Waals surface area contributed by atoms with Gasteiger partial charge in [0.05, 0.1) is 22.9 Å². The zero-order valence-electron chi connectivity index (χ0n) is 17.7. The summed E-state index contributed by atoms with van der Waals surface area (Å²) in [6.45, 7) is 5.02. The van der Waals surface area contributed by atoms with Crippen molar-refractivity contribution in [3.05, 3.63) is 69.0 Å². The number of benzene rings is 2. The smallest absolute Gasteiger partial charge is 0.140 e. The SMILES string of the molecule is Cc1nnc(C)n1-c1ccc(O[C@H]2c3cc(Cl)cc(F)c3C[C@@H]2N2CCC(O)C2)c(Cl)c1. The lowest BCUT2D eigenvalue weighted by molar-refractivity contribution is 0.0818. The maximum Gasteiger partial charge on any atom is 0.140 e. The topological polar surface area (TPSA) is 63.4 Å². The Morgan fingerprint density at radius 3 is 2.53 bits per heavy atom. The molecule has 0 amide bonds. The molecular weight excluding hydrogens is 454 g/mol. The summed E-state index contributed by atoms with van der Waals surface area (Å²) in [6, 6.07) is 8.50. The zero-order valence-corrected chi connectivity index (χ0v) is 19.2. The number of halogens is 3. The van der Waals surface area contributed by atoms with Crippen molar-refractivity contribution < 1.29 is 14.2 Å². The molecule has 0 spiro atoms. The van der Waals surface area contributed by atoms with E-state index in [2.05, 4.69) is 15.1 Å². The van der Waals surface area contributed by atoms with Crippen molar-refractivity contribution in [2.75, 3.05) is 13.1 Å². The number of β-amino-alcohol motifs (C(OH)–C–C–N with tert-alkyl or cyclic N) is 1. The molecule has 2 heterocycles. The van der Waals surface area contributed by atoms with E-state index in [0.29, 0.717) is 40.7 Å². The Balaban J connectivity index is 1.50. The van der Waals surface area contributed by atoms with Crippen LogP contribution in [0.15, 0.2) is 30.3 Å². The molecule has 1 N–H and O–H groups in total. The Labute approximate surface area is 195 Å². The van der Waals surface area contributed by atoms with E-state index in [4.69, 9.17) is 27.9 Å². The van der Waals surface area contributed by atoms with Crippen LogP contribution in [0.5, 0.6) is 5.75 Å². The Morgan fingerprint density at radius 1 is 1.12 bits per heavy atom. The third kappa shape index (κ3) is 3.77. The molecule has 0 saturated carbocycles. The molecular formula is C23H23Cl2FN4O2. The number of hydrogen-bond donors (Lipinski definition) is 1. The van der Waals surface area contributed by atoms with Gasteiger partial charge in [0, 0.05) is 23.7 Å². The molecule has 3 atom stereocenters. The van der Waals surface area contributed by atoms with Gasteiger partial charge < -0.3 is 9.84 Å². The number of aliphatic hydroxyl groups is 1. The average molecular weight is 477 g/mol. The standard InChI is InChI=1S/C23H23Cl2FN4O2/c1-12-27-28-13(2)30(12)15-3-4-22(19(25)9-15)32-23-18-7-14(24)8-20(26)17(18)10-21(23)29-6-5-16(31)11-29/h3-4,7-9,16,21,23,31H,5-6,10-11H2,1-2H3/t16?,21-,23-/m0/s1. The van der Waals surface area contributed by atoms with Gasteiger partial charge in [-0.1, -0.05) is 23.2 Å². The summed E-state index contributed by atoms with van der Waals surface area (Å²) < 4.78 is 23.0. The van der Waals surface area contributed by atoms with Crippen LogP contribution in [0.1, 0.15) is 35.3 Å². The van der Waals surface area contributed by atoms with Crippen molar-refractivity contribution in [2.24, 2.45) is 0 Å². The maximum atomic E-state index is 14.7. The van der Waals surface area contributed by atoms with Gasteiger partial charge in [0.2, 0.25) is 0 Å². The van der Waals surface area contributed by atoms with E-state index in [9.17, 15) is 9.50 Å². The Bertz CT molecular complexity index is 1170. The van der Waals surface area contributed by atoms with E-state index in [1.54, 1.807) is 6.07 Å². The summed E-state index contributed by atoms with van der Waals surface area (Å²) >= 11 is 12.8. The second-order valence-corrected chi connectivity index (χ2v) is 9.29. The highest BCUT2D eigenvalue weighted by molar-refractivity contribution is 6.32. The van der Waals surface area contributed by atoms with E-state index in [0.717, 1.165) is 29.4 Å². The number of nitrogens with zero attached hydrogens (tertiary/aromatic N) is 4. The first kappa shape index (κ1) is 21.6. The summed E-state index contributed by atoms with van der Waals surface area (Å²) in [5.74, 6) is 1.69. The second kappa shape index (κ2) is 8.30. The number of fused-ring (bicyclic) bond motifs is 1. The number of likely N-dealkylation sites (tertiary alicyclic amines) is 1. The van der Waals surface area contributed by atoms with Crippen molar-refractivity contribution in [2.45, 2.75) is 44.9 Å². The van der Waals surface area contributed by atoms with Crippen LogP contribution in [-0.2, 0) is 6.42 Å². The van der Waals surface area contributed by atoms with Crippen LogP contribution in [0.2, 0.25) is 10.0 Å². The molecule has 168 valence electrons. The van der Waals surface area contributed by atoms with E-state index in [-0.39, 0.29) is 18.0 Å². The fourth-order valence-corrected chi connectivity index (χ4v) is 5.28. The van der Waals surface area contributed by atoms with Gasteiger partial charge in [-0.15, -0.1) is 10.2 Å². The molecule has 1 fully saturated rings. The number of hydrogen-bond acceptors (Lipinski definition) is 5. The van der Waals surface area contributed by atoms with Crippen molar-refractivity contribution in [3.63, 3.8) is 0 Å². The summed E-state index contributed by atoms with van der Waals surface area (Å²) in [6.07, 6.45) is 0.344. The summed E-state index contributed by atoms with van der Waals surface area (Å²) in [5, 5.41) is 19.0. The molecule has 6 nitrogen and oxygen atoms in total. The van der Waals surface area contributed by atoms with E-state index in [1.807, 2.05) is 36.6 Å². The Morgan fingerprint density at radius 2 is 1.88 bits per heavy atom. The fraction of sp³-hybridized carbons (Fsp3) is 0.391. The molecule has 1 saturated heterocycles. The molecule has 0 radical (unpaired) electrons. The summed E-state index contributed by atoms with van der Waals surface area (Å²) in [4.78, 5) is 2.16. The Hall–Kier alpha value is -2.19. The molecule has 9 heteroatoms. The van der Waals surface area contributed by atoms with E-state index in [1.165, 1.54) is 6.07 Å². The number of rotatable bonds is 4. The average Bonchev–Trinajstić information content (AvgIpc) is 3.41. The highest BCUT2D eigenvalue weighted by Crippen LogP contribution is 2.43. The number of aryl methyl sites for hydroxylation is 2. The number of ether oxygens (including phenoxy) is 1. The highest BCUT2D eigenvalue weighted by Gasteiger charge is 2.42. The minimum Gasteiger partial charge on any atom is -0.482 e. The van der Waals surface area contributed by atoms with Crippen LogP contribution < -0.4 is 4.74 Å². The lowest BCUT2D eigenvalue weighted by Gasteiger charge is -2.30. The third-order valence-corrected chi connectivity index (χ3v) is 6.86. The van der Waals surface area contributed by atoms with E-state index < -0.39 is 6.10 Å². The number of aromatic nitrogens is 3. The van der Waals surface area contributed by atoms with Crippen molar-refractivity contribution in [1.82, 2.24) is 19.7 Å². The predicted molar refractivity (Wildman–Crippen MR) is 120 cm³/mol. The van der Waals surface area contributed by atoms with Crippen LogP contribution in [-0.4, -0.2) is 50.0 Å². The lowest BCUT2D eigenvalue weighted by Crippen LogP contribution is -2.39. The molecule has 1 aromatic heterocycles. The number of aliphatic hydroxyl groups excluding tert-OH is 1. The maximum absolute atomic E-state index is 14.7. The first-order valence-electron chi connectivity index (χ1n) is 10.6. The molecule has 1 unspecified atom stereocenters. The van der Waals surface area contributed by atoms with Crippen molar-refractivity contribution in [1.29, 1.82) is 0 Å². The van der Waals surface area contributed by atoms with Crippen LogP contribution >= 0.6 is 23.2 Å². The van der Waals surface area contributed by atoms with Crippen molar-refractivity contribution >= 4 is 23.2 Å². The fourth-order valence-electron chi connectivity index (χ4n) is 4.85. The van der Waals surface area contributed by atoms with Gasteiger partial charge in [-0.25, -0.2) is 4.39 Å². The summed E-state index contributed by atoms with van der Waals surface area (Å²) in [5.41, 5.74) is 2.17. The van der Waals surface area contributed by atoms with Gasteiger partial charge in [0.1, 0.15) is 29.3 Å². The molecule has 1 aliphatic heterocycles. The third-order valence-electron chi connectivity index (χ3n) is 6.34. The van der Waals surface area contributed by atoms with Gasteiger partial charge in [-0.05, 0) is 62.6 Å². The second-order valence-electron chi connectivity index (χ2n) is 8.45. The van der Waals surface area contributed by atoms with Gasteiger partial charge in [-0.2, -0.15) is 0 Å². The van der Waals surface area contributed by atoms with Gasteiger partial charge in [0.25, 0.3) is 0 Å². The molecule has 2 aromatic carbocycles. The molecule has 2 aliphatic rings. The molecule has 0 bridgehead atoms. The quantitative estimate of drug-likeness (QED) is 0.602. The monoisotopic (exact) mass is 476 g/mol. The van der Waals surface area contributed by atoms with Crippen LogP contribution in [0.25, 0.3) is 5.69 Å². The van der Waals surface area contributed by atoms with Gasteiger partial charge in [-0.3, -0.25) is 9.47 Å². The van der Waals surface area contributed by atoms with E-state index >= 15 is 0 Å². The van der Waals surface area contributed by atoms with Crippen LogP contribution in [0, 0.1) is 19.7 Å². The highest BCUT2D eigenvalue weighted by atomic mass is 35.5. The predicted octanol–water partition coefficient (Wildman–Crippen LogP) is 4.44. The zero-order chi connectivity index (χ0) is 22.6. The normalized spacial score (nSPS) is 23.0. The first-order valence-corrected chi connectivity index (χ1v) is 11.3. The summed E-state index contributed by atoms with van der Waals surface area (Å²) in [7, 11) is 0. The Kier molecular flexibility index (Phi) is 5.61. The molecule has 32 heavy (non-hydrogen) atoms.